The van der Waals surface area contributed by atoms with Gasteiger partial charge in [0.1, 0.15) is 10.8 Å². The molecule has 3 heterocycles. The summed E-state index contributed by atoms with van der Waals surface area (Å²) >= 11 is 6.79. The summed E-state index contributed by atoms with van der Waals surface area (Å²) in [5.74, 6) is 1.03. The summed E-state index contributed by atoms with van der Waals surface area (Å²) in [7, 11) is 0. The third kappa shape index (κ3) is 3.18. The first kappa shape index (κ1) is 18.8. The molecule has 1 aromatic carbocycles. The zero-order chi connectivity index (χ0) is 20.0. The number of carbonyl (C=O) groups excluding carboxylic acids is 1. The maximum atomic E-state index is 11.3. The predicted molar refractivity (Wildman–Crippen MR) is 116 cm³/mol. The minimum Gasteiger partial charge on any atom is -0.369 e. The molecule has 1 saturated heterocycles. The van der Waals surface area contributed by atoms with Crippen LogP contribution in [0.4, 0.5) is 11.5 Å². The van der Waals surface area contributed by atoms with E-state index in [1.165, 1.54) is 17.7 Å². The third-order valence-corrected chi connectivity index (χ3v) is 7.13. The van der Waals surface area contributed by atoms with Gasteiger partial charge in [0.05, 0.1) is 5.69 Å². The van der Waals surface area contributed by atoms with Gasteiger partial charge in [-0.15, -0.1) is 0 Å². The molecular weight excluding hydrogens is 386 g/mol. The smallest absolute Gasteiger partial charge is 0.217 e. The van der Waals surface area contributed by atoms with Crippen molar-refractivity contribution in [1.29, 1.82) is 0 Å². The normalized spacial score (nSPS) is 22.6. The van der Waals surface area contributed by atoms with Crippen LogP contribution in [0.5, 0.6) is 0 Å². The second-order valence-electron chi connectivity index (χ2n) is 8.63. The number of nitrogens with zero attached hydrogens (tertiary/aromatic N) is 3. The van der Waals surface area contributed by atoms with E-state index < -0.39 is 0 Å². The van der Waals surface area contributed by atoms with Gasteiger partial charge in [-0.1, -0.05) is 30.2 Å². The highest BCUT2D eigenvalue weighted by molar-refractivity contribution is 6.33. The van der Waals surface area contributed by atoms with Crippen molar-refractivity contribution >= 4 is 29.0 Å². The second kappa shape index (κ2) is 7.24. The maximum Gasteiger partial charge on any atom is 0.217 e. The minimum absolute atomic E-state index is 0.0493. The van der Waals surface area contributed by atoms with Crippen LogP contribution in [-0.2, 0) is 16.8 Å². The number of fused-ring (bicyclic) bond motifs is 1. The number of aromatic nitrogens is 2. The van der Waals surface area contributed by atoms with Crippen molar-refractivity contribution < 1.29 is 4.79 Å². The van der Waals surface area contributed by atoms with Crippen molar-refractivity contribution in [2.45, 2.75) is 57.0 Å². The number of amides is 1. The summed E-state index contributed by atoms with van der Waals surface area (Å²) in [5, 5.41) is 12.2. The van der Waals surface area contributed by atoms with Crippen LogP contribution in [0.25, 0.3) is 0 Å². The lowest BCUT2D eigenvalue weighted by atomic mass is 9.62. The van der Waals surface area contributed by atoms with E-state index in [-0.39, 0.29) is 17.4 Å². The number of halogens is 1. The molecule has 3 aliphatic rings. The van der Waals surface area contributed by atoms with Gasteiger partial charge in [0.25, 0.3) is 0 Å². The van der Waals surface area contributed by atoms with E-state index in [1.54, 1.807) is 6.92 Å². The Morgan fingerprint density at radius 3 is 2.69 bits per heavy atom. The highest BCUT2D eigenvalue weighted by Crippen LogP contribution is 2.52. The van der Waals surface area contributed by atoms with Gasteiger partial charge < -0.3 is 15.5 Å². The van der Waals surface area contributed by atoms with Gasteiger partial charge in [-0.05, 0) is 43.4 Å². The Balaban J connectivity index is 1.39. The van der Waals surface area contributed by atoms with E-state index in [0.717, 1.165) is 68.4 Å². The van der Waals surface area contributed by atoms with Crippen molar-refractivity contribution in [3.63, 3.8) is 0 Å². The van der Waals surface area contributed by atoms with Crippen LogP contribution < -0.4 is 15.5 Å². The molecule has 1 unspecified atom stereocenters. The Morgan fingerprint density at radius 1 is 1.24 bits per heavy atom. The van der Waals surface area contributed by atoms with E-state index in [4.69, 9.17) is 16.7 Å². The fraction of sp³-hybridized carbons (Fsp3) is 0.545. The van der Waals surface area contributed by atoms with Gasteiger partial charge in [0.15, 0.2) is 0 Å². The Morgan fingerprint density at radius 2 is 2.03 bits per heavy atom. The topological polar surface area (TPSA) is 62.2 Å². The number of rotatable bonds is 4. The highest BCUT2D eigenvalue weighted by atomic mass is 35.5. The van der Waals surface area contributed by atoms with Crippen molar-refractivity contribution in [1.82, 2.24) is 15.1 Å². The first-order chi connectivity index (χ1) is 14.1. The summed E-state index contributed by atoms with van der Waals surface area (Å²) in [5.41, 5.74) is 3.50. The zero-order valence-electron chi connectivity index (χ0n) is 16.9. The molecule has 2 fully saturated rings. The van der Waals surface area contributed by atoms with Crippen LogP contribution in [0.3, 0.4) is 0 Å². The largest absolute Gasteiger partial charge is 0.369 e. The average Bonchev–Trinajstić information content (AvgIpc) is 3.27. The van der Waals surface area contributed by atoms with E-state index in [2.05, 4.69) is 39.8 Å². The molecule has 1 aliphatic carbocycles. The molecule has 1 saturated carbocycles. The molecule has 0 spiro atoms. The van der Waals surface area contributed by atoms with Crippen LogP contribution in [0.15, 0.2) is 24.3 Å². The summed E-state index contributed by atoms with van der Waals surface area (Å²) in [6, 6.07) is 9.18. The van der Waals surface area contributed by atoms with Crippen LogP contribution in [0.2, 0.25) is 5.02 Å². The van der Waals surface area contributed by atoms with Crippen LogP contribution in [-0.4, -0.2) is 41.4 Å². The molecule has 1 atom stereocenters. The van der Waals surface area contributed by atoms with Gasteiger partial charge >= 0.3 is 0 Å². The summed E-state index contributed by atoms with van der Waals surface area (Å²) < 4.78 is 2.04. The summed E-state index contributed by atoms with van der Waals surface area (Å²) in [4.78, 5) is 13.7. The summed E-state index contributed by atoms with van der Waals surface area (Å²) in [6.45, 7) is 5.32. The second-order valence-corrected chi connectivity index (χ2v) is 9.01. The molecule has 154 valence electrons. The number of hydrogen-bond donors (Lipinski definition) is 2. The number of nitrogens with one attached hydrogen (secondary N) is 2. The van der Waals surface area contributed by atoms with Crippen molar-refractivity contribution in [2.75, 3.05) is 29.9 Å². The molecule has 1 aromatic heterocycles. The number of benzene rings is 1. The standard InChI is InChI=1S/C22H28ClN5O/c1-15(29)25-17-8-13-27(14-17)18-6-4-16(5-7-18)22(9-2-10-22)20-19(23)21-24-11-3-12-28(21)26-20/h4-7,17,24H,2-3,8-14H2,1H3,(H,25,29). The number of anilines is 2. The van der Waals surface area contributed by atoms with Gasteiger partial charge in [0, 0.05) is 50.2 Å². The van der Waals surface area contributed by atoms with Crippen molar-refractivity contribution in [3.8, 4) is 0 Å². The van der Waals surface area contributed by atoms with Crippen LogP contribution >= 0.6 is 11.6 Å². The highest BCUT2D eigenvalue weighted by Gasteiger charge is 2.45. The number of aryl methyl sites for hydroxylation is 1. The maximum absolute atomic E-state index is 11.3. The lowest BCUT2D eigenvalue weighted by Crippen LogP contribution is -2.36. The lowest BCUT2D eigenvalue weighted by Gasteiger charge is -2.41. The van der Waals surface area contributed by atoms with Crippen LogP contribution in [0, 0.1) is 0 Å². The van der Waals surface area contributed by atoms with Gasteiger partial charge in [-0.3, -0.25) is 4.79 Å². The monoisotopic (exact) mass is 413 g/mol. The quantitative estimate of drug-likeness (QED) is 0.804. The summed E-state index contributed by atoms with van der Waals surface area (Å²) in [6.07, 6.45) is 5.47. The zero-order valence-corrected chi connectivity index (χ0v) is 17.6. The Bertz CT molecular complexity index is 918. The van der Waals surface area contributed by atoms with Crippen molar-refractivity contribution in [2.24, 2.45) is 0 Å². The molecule has 6 nitrogen and oxygen atoms in total. The van der Waals surface area contributed by atoms with Gasteiger partial charge in [0.2, 0.25) is 5.91 Å². The third-order valence-electron chi connectivity index (χ3n) is 6.77. The fourth-order valence-electron chi connectivity index (χ4n) is 5.10. The van der Waals surface area contributed by atoms with Crippen molar-refractivity contribution in [3.05, 3.63) is 40.5 Å². The van der Waals surface area contributed by atoms with E-state index in [1.807, 2.05) is 4.68 Å². The van der Waals surface area contributed by atoms with E-state index in [0.29, 0.717) is 0 Å². The minimum atomic E-state index is -0.0641. The lowest BCUT2D eigenvalue weighted by molar-refractivity contribution is -0.119. The molecular formula is C22H28ClN5O. The first-order valence-electron chi connectivity index (χ1n) is 10.7. The van der Waals surface area contributed by atoms with E-state index in [9.17, 15) is 4.79 Å². The number of carbonyl (C=O) groups is 1. The molecule has 2 aromatic rings. The molecule has 5 rings (SSSR count). The fourth-order valence-corrected chi connectivity index (χ4v) is 5.48. The Labute approximate surface area is 176 Å². The molecule has 2 aliphatic heterocycles. The SMILES string of the molecule is CC(=O)NC1CCN(c2ccc(C3(c4nn5c(c4Cl)NCCC5)CCC3)cc2)C1. The molecule has 0 bridgehead atoms. The van der Waals surface area contributed by atoms with Crippen LogP contribution in [0.1, 0.15) is 50.3 Å². The van der Waals surface area contributed by atoms with E-state index >= 15 is 0 Å². The molecule has 0 radical (unpaired) electrons. The van der Waals surface area contributed by atoms with Gasteiger partial charge in [-0.25, -0.2) is 4.68 Å². The Kier molecular flexibility index (Phi) is 4.69. The predicted octanol–water partition coefficient (Wildman–Crippen LogP) is 3.54. The molecule has 2 N–H and O–H groups in total. The molecule has 29 heavy (non-hydrogen) atoms. The molecule has 1 amide bonds. The number of hydrogen-bond acceptors (Lipinski definition) is 4. The average molecular weight is 414 g/mol. The molecule has 7 heteroatoms. The first-order valence-corrected chi connectivity index (χ1v) is 11.1. The van der Waals surface area contributed by atoms with Gasteiger partial charge in [-0.2, -0.15) is 5.10 Å². The Hall–Kier alpha value is -2.21.